The van der Waals surface area contributed by atoms with Crippen LogP contribution in [-0.4, -0.2) is 24.3 Å². The number of carboxylic acid groups (broad SMARTS) is 1. The number of halogens is 1. The largest absolute Gasteiger partial charge is 0.486 e. The van der Waals surface area contributed by atoms with E-state index < -0.39 is 11.6 Å². The Balaban J connectivity index is 2.40. The molecule has 2 rings (SSSR count). The molecule has 4 nitrogen and oxygen atoms in total. The summed E-state index contributed by atoms with van der Waals surface area (Å²) in [5.74, 6) is 0.170. The number of carbonyl (C=O) groups is 1. The Morgan fingerprint density at radius 2 is 1.89 bits per heavy atom. The average molecular weight is 268 g/mol. The predicted molar refractivity (Wildman–Crippen MR) is 67.5 cm³/mol. The molecular weight excluding hydrogens is 251 g/mol. The normalized spacial score (nSPS) is 14.3. The molecule has 104 valence electrons. The topological polar surface area (TPSA) is 55.8 Å². The molecule has 1 N–H and O–H groups in total. The van der Waals surface area contributed by atoms with Crippen molar-refractivity contribution in [2.45, 2.75) is 32.4 Å². The Hall–Kier alpha value is -1.78. The predicted octanol–water partition coefficient (Wildman–Crippen LogP) is 2.68. The number of aliphatic carboxylic acids is 1. The standard InChI is InChI=1S/C14H17FO4/c1-14(2,15)10-8-12-11(18-5-6-19-12)7-9(10)3-4-13(16)17/h7-8H,3-6H2,1-2H3,(H,16,17). The van der Waals surface area contributed by atoms with Crippen molar-refractivity contribution in [3.63, 3.8) is 0 Å². The van der Waals surface area contributed by atoms with Crippen LogP contribution in [0.3, 0.4) is 0 Å². The number of carboxylic acids is 1. The van der Waals surface area contributed by atoms with E-state index in [1.54, 1.807) is 12.1 Å². The number of fused-ring (bicyclic) bond motifs is 1. The minimum Gasteiger partial charge on any atom is -0.486 e. The van der Waals surface area contributed by atoms with Crippen molar-refractivity contribution >= 4 is 5.97 Å². The molecule has 1 aliphatic rings. The van der Waals surface area contributed by atoms with Gasteiger partial charge in [-0.3, -0.25) is 4.79 Å². The van der Waals surface area contributed by atoms with Gasteiger partial charge < -0.3 is 14.6 Å². The molecule has 5 heteroatoms. The number of hydrogen-bond donors (Lipinski definition) is 1. The number of alkyl halides is 1. The van der Waals surface area contributed by atoms with E-state index in [2.05, 4.69) is 0 Å². The van der Waals surface area contributed by atoms with Crippen molar-refractivity contribution in [1.82, 2.24) is 0 Å². The third-order valence-corrected chi connectivity index (χ3v) is 3.02. The van der Waals surface area contributed by atoms with Gasteiger partial charge in [-0.2, -0.15) is 0 Å². The lowest BCUT2D eigenvalue weighted by molar-refractivity contribution is -0.136. The Kier molecular flexibility index (Phi) is 3.64. The zero-order chi connectivity index (χ0) is 14.0. The molecule has 1 heterocycles. The van der Waals surface area contributed by atoms with Crippen LogP contribution in [0.5, 0.6) is 11.5 Å². The second kappa shape index (κ2) is 5.07. The van der Waals surface area contributed by atoms with E-state index in [1.165, 1.54) is 13.8 Å². The first-order valence-electron chi connectivity index (χ1n) is 6.21. The number of hydrogen-bond acceptors (Lipinski definition) is 3. The Labute approximate surface area is 111 Å². The third kappa shape index (κ3) is 3.16. The van der Waals surface area contributed by atoms with Crippen LogP contribution < -0.4 is 9.47 Å². The molecule has 0 spiro atoms. The summed E-state index contributed by atoms with van der Waals surface area (Å²) in [5, 5.41) is 8.76. The summed E-state index contributed by atoms with van der Waals surface area (Å²) in [6.45, 7) is 3.78. The lowest BCUT2D eigenvalue weighted by Crippen LogP contribution is -2.19. The molecule has 0 atom stereocenters. The summed E-state index contributed by atoms with van der Waals surface area (Å²) in [7, 11) is 0. The van der Waals surface area contributed by atoms with Crippen LogP contribution in [0, 0.1) is 0 Å². The van der Waals surface area contributed by atoms with Crippen molar-refractivity contribution in [2.75, 3.05) is 13.2 Å². The number of ether oxygens (including phenoxy) is 2. The van der Waals surface area contributed by atoms with Gasteiger partial charge in [0.05, 0.1) is 0 Å². The second-order valence-corrected chi connectivity index (χ2v) is 5.02. The van der Waals surface area contributed by atoms with Crippen LogP contribution in [0.15, 0.2) is 12.1 Å². The van der Waals surface area contributed by atoms with Crippen molar-refractivity contribution in [1.29, 1.82) is 0 Å². The maximum absolute atomic E-state index is 14.2. The highest BCUT2D eigenvalue weighted by atomic mass is 19.1. The fraction of sp³-hybridized carbons (Fsp3) is 0.500. The van der Waals surface area contributed by atoms with Gasteiger partial charge in [0.1, 0.15) is 18.9 Å². The van der Waals surface area contributed by atoms with Crippen molar-refractivity contribution in [3.8, 4) is 11.5 Å². The van der Waals surface area contributed by atoms with Crippen LogP contribution in [0.4, 0.5) is 4.39 Å². The maximum atomic E-state index is 14.2. The summed E-state index contributed by atoms with van der Waals surface area (Å²) >= 11 is 0. The van der Waals surface area contributed by atoms with Gasteiger partial charge in [0.15, 0.2) is 11.5 Å². The lowest BCUT2D eigenvalue weighted by Gasteiger charge is -2.24. The van der Waals surface area contributed by atoms with Crippen LogP contribution >= 0.6 is 0 Å². The second-order valence-electron chi connectivity index (χ2n) is 5.02. The Morgan fingerprint density at radius 3 is 2.42 bits per heavy atom. The van der Waals surface area contributed by atoms with Gasteiger partial charge in [-0.25, -0.2) is 4.39 Å². The molecule has 0 amide bonds. The highest BCUT2D eigenvalue weighted by molar-refractivity contribution is 5.67. The van der Waals surface area contributed by atoms with E-state index in [0.717, 1.165) is 0 Å². The van der Waals surface area contributed by atoms with Crippen molar-refractivity contribution in [3.05, 3.63) is 23.3 Å². The summed E-state index contributed by atoms with van der Waals surface area (Å²) < 4.78 is 25.1. The fourth-order valence-corrected chi connectivity index (χ4v) is 2.13. The first-order chi connectivity index (χ1) is 8.88. The summed E-state index contributed by atoms with van der Waals surface area (Å²) in [6, 6.07) is 3.31. The highest BCUT2D eigenvalue weighted by Crippen LogP contribution is 2.39. The quantitative estimate of drug-likeness (QED) is 0.912. The van der Waals surface area contributed by atoms with E-state index in [1.807, 2.05) is 0 Å². The van der Waals surface area contributed by atoms with Crippen LogP contribution in [0.25, 0.3) is 0 Å². The van der Waals surface area contributed by atoms with Crippen LogP contribution in [0.1, 0.15) is 31.4 Å². The molecule has 1 aliphatic heterocycles. The molecule has 0 fully saturated rings. The van der Waals surface area contributed by atoms with E-state index in [9.17, 15) is 9.18 Å². The molecule has 0 saturated carbocycles. The molecule has 0 aromatic heterocycles. The smallest absolute Gasteiger partial charge is 0.303 e. The zero-order valence-corrected chi connectivity index (χ0v) is 11.0. The minimum atomic E-state index is -1.55. The molecule has 0 bridgehead atoms. The van der Waals surface area contributed by atoms with Crippen LogP contribution in [-0.2, 0) is 16.9 Å². The molecule has 1 aromatic carbocycles. The summed E-state index contributed by atoms with van der Waals surface area (Å²) in [5.41, 5.74) is -0.443. The Bertz CT molecular complexity index is 491. The van der Waals surface area contributed by atoms with Crippen molar-refractivity contribution < 1.29 is 23.8 Å². The molecule has 19 heavy (non-hydrogen) atoms. The molecular formula is C14H17FO4. The zero-order valence-electron chi connectivity index (χ0n) is 11.0. The SMILES string of the molecule is CC(C)(F)c1cc2c(cc1CCC(=O)O)OCCO2. The molecule has 0 unspecified atom stereocenters. The first-order valence-corrected chi connectivity index (χ1v) is 6.21. The number of aryl methyl sites for hydroxylation is 1. The number of benzene rings is 1. The first kappa shape index (κ1) is 13.6. The molecule has 0 radical (unpaired) electrons. The lowest BCUT2D eigenvalue weighted by atomic mass is 9.91. The highest BCUT2D eigenvalue weighted by Gasteiger charge is 2.26. The number of rotatable bonds is 4. The Morgan fingerprint density at radius 1 is 1.32 bits per heavy atom. The van der Waals surface area contributed by atoms with Gasteiger partial charge in [-0.15, -0.1) is 0 Å². The van der Waals surface area contributed by atoms with E-state index in [-0.39, 0.29) is 12.8 Å². The average Bonchev–Trinajstić information content (AvgIpc) is 2.34. The molecule has 0 saturated heterocycles. The van der Waals surface area contributed by atoms with Gasteiger partial charge in [0.25, 0.3) is 0 Å². The van der Waals surface area contributed by atoms with Crippen LogP contribution in [0.2, 0.25) is 0 Å². The monoisotopic (exact) mass is 268 g/mol. The van der Waals surface area contributed by atoms with Gasteiger partial charge >= 0.3 is 5.97 Å². The molecule has 0 aliphatic carbocycles. The third-order valence-electron chi connectivity index (χ3n) is 3.02. The molecule has 1 aromatic rings. The van der Waals surface area contributed by atoms with E-state index in [0.29, 0.717) is 35.8 Å². The maximum Gasteiger partial charge on any atom is 0.303 e. The van der Waals surface area contributed by atoms with Gasteiger partial charge in [-0.05, 0) is 43.5 Å². The van der Waals surface area contributed by atoms with E-state index in [4.69, 9.17) is 14.6 Å². The summed E-state index contributed by atoms with van der Waals surface area (Å²) in [6.07, 6.45) is 0.234. The minimum absolute atomic E-state index is 0.0390. The van der Waals surface area contributed by atoms with Gasteiger partial charge in [0, 0.05) is 6.42 Å². The van der Waals surface area contributed by atoms with Gasteiger partial charge in [-0.1, -0.05) is 0 Å². The van der Waals surface area contributed by atoms with E-state index >= 15 is 0 Å². The fourth-order valence-electron chi connectivity index (χ4n) is 2.13. The summed E-state index contributed by atoms with van der Waals surface area (Å²) in [4.78, 5) is 10.7. The van der Waals surface area contributed by atoms with Crippen molar-refractivity contribution in [2.24, 2.45) is 0 Å². The van der Waals surface area contributed by atoms with Gasteiger partial charge in [0.2, 0.25) is 0 Å².